The SMILES string of the molecule is O=C(Nc1c(Cl)cccc1C(F)(F)F)OCC(F)(F)F. The number of rotatable bonds is 2. The summed E-state index contributed by atoms with van der Waals surface area (Å²) in [6.45, 7) is -1.93. The van der Waals surface area contributed by atoms with Crippen molar-refractivity contribution in [1.29, 1.82) is 0 Å². The average Bonchev–Trinajstić information content (AvgIpc) is 2.27. The second-order valence-electron chi connectivity index (χ2n) is 3.48. The monoisotopic (exact) mass is 321 g/mol. The Morgan fingerprint density at radius 3 is 2.30 bits per heavy atom. The molecule has 0 aliphatic heterocycles. The molecule has 0 aromatic heterocycles. The van der Waals surface area contributed by atoms with E-state index in [-0.39, 0.29) is 0 Å². The quantitative estimate of drug-likeness (QED) is 0.816. The number of alkyl halides is 6. The minimum absolute atomic E-state index is 0.483. The van der Waals surface area contributed by atoms with E-state index in [2.05, 4.69) is 4.74 Å². The number of ether oxygens (including phenoxy) is 1. The second kappa shape index (κ2) is 5.78. The molecule has 1 rings (SSSR count). The number of nitrogens with one attached hydrogen (secondary N) is 1. The van der Waals surface area contributed by atoms with Gasteiger partial charge in [0.05, 0.1) is 16.3 Å². The summed E-state index contributed by atoms with van der Waals surface area (Å²) in [4.78, 5) is 11.0. The molecular formula is C10H6ClF6NO2. The smallest absolute Gasteiger partial charge is 0.422 e. The molecular weight excluding hydrogens is 316 g/mol. The zero-order chi connectivity index (χ0) is 15.6. The molecule has 112 valence electrons. The molecule has 10 heteroatoms. The minimum Gasteiger partial charge on any atom is -0.440 e. The van der Waals surface area contributed by atoms with Crippen LogP contribution in [0.25, 0.3) is 0 Å². The summed E-state index contributed by atoms with van der Waals surface area (Å²) in [5, 5.41) is 1.06. The van der Waals surface area contributed by atoms with Gasteiger partial charge in [-0.1, -0.05) is 17.7 Å². The molecule has 0 heterocycles. The van der Waals surface area contributed by atoms with E-state index in [9.17, 15) is 31.1 Å². The van der Waals surface area contributed by atoms with Crippen LogP contribution >= 0.6 is 11.6 Å². The van der Waals surface area contributed by atoms with Gasteiger partial charge in [-0.2, -0.15) is 26.3 Å². The Morgan fingerprint density at radius 1 is 1.20 bits per heavy atom. The van der Waals surface area contributed by atoms with Crippen molar-refractivity contribution < 1.29 is 35.9 Å². The van der Waals surface area contributed by atoms with Crippen molar-refractivity contribution in [3.05, 3.63) is 28.8 Å². The molecule has 0 saturated carbocycles. The summed E-state index contributed by atoms with van der Waals surface area (Å²) >= 11 is 5.48. The fourth-order valence-corrected chi connectivity index (χ4v) is 1.39. The van der Waals surface area contributed by atoms with Crippen molar-refractivity contribution in [2.45, 2.75) is 12.4 Å². The summed E-state index contributed by atoms with van der Waals surface area (Å²) in [5.74, 6) is 0. The van der Waals surface area contributed by atoms with Gasteiger partial charge in [0.25, 0.3) is 0 Å². The second-order valence-corrected chi connectivity index (χ2v) is 3.88. The van der Waals surface area contributed by atoms with E-state index in [4.69, 9.17) is 11.6 Å². The van der Waals surface area contributed by atoms with Gasteiger partial charge >= 0.3 is 18.4 Å². The molecule has 0 radical (unpaired) electrons. The molecule has 0 aliphatic rings. The molecule has 20 heavy (non-hydrogen) atoms. The zero-order valence-electron chi connectivity index (χ0n) is 9.40. The summed E-state index contributed by atoms with van der Waals surface area (Å²) in [7, 11) is 0. The Bertz CT molecular complexity index is 500. The van der Waals surface area contributed by atoms with Crippen LogP contribution < -0.4 is 5.32 Å². The van der Waals surface area contributed by atoms with Gasteiger partial charge in [0.1, 0.15) is 0 Å². The third kappa shape index (κ3) is 4.80. The van der Waals surface area contributed by atoms with Crippen molar-refractivity contribution >= 4 is 23.4 Å². The molecule has 1 amide bonds. The number of para-hydroxylation sites is 1. The van der Waals surface area contributed by atoms with Crippen LogP contribution in [-0.4, -0.2) is 18.9 Å². The largest absolute Gasteiger partial charge is 0.440 e. The highest BCUT2D eigenvalue weighted by Gasteiger charge is 2.35. The number of halogens is 7. The standard InChI is InChI=1S/C10H6ClF6NO2/c11-6-3-1-2-5(10(15,16)17)7(6)18-8(19)20-4-9(12,13)14/h1-3H,4H2,(H,18,19). The fourth-order valence-electron chi connectivity index (χ4n) is 1.17. The van der Waals surface area contributed by atoms with Crippen LogP contribution in [0.4, 0.5) is 36.8 Å². The lowest BCUT2D eigenvalue weighted by Crippen LogP contribution is -2.24. The summed E-state index contributed by atoms with van der Waals surface area (Å²) in [5.41, 5.74) is -2.16. The van der Waals surface area contributed by atoms with Crippen LogP contribution in [0.3, 0.4) is 0 Å². The average molecular weight is 322 g/mol. The normalized spacial score (nSPS) is 12.2. The molecule has 3 nitrogen and oxygen atoms in total. The maximum Gasteiger partial charge on any atom is 0.422 e. The zero-order valence-corrected chi connectivity index (χ0v) is 10.2. The Hall–Kier alpha value is -1.64. The van der Waals surface area contributed by atoms with Crippen molar-refractivity contribution in [3.63, 3.8) is 0 Å². The number of anilines is 1. The molecule has 0 unspecified atom stereocenters. The first-order valence-corrected chi connectivity index (χ1v) is 5.25. The first kappa shape index (κ1) is 16.4. The van der Waals surface area contributed by atoms with E-state index in [0.717, 1.165) is 12.1 Å². The van der Waals surface area contributed by atoms with Crippen LogP contribution in [0, 0.1) is 0 Å². The van der Waals surface area contributed by atoms with Gasteiger partial charge in [-0.15, -0.1) is 0 Å². The third-order valence-corrected chi connectivity index (χ3v) is 2.23. The minimum atomic E-state index is -4.84. The molecule has 1 N–H and O–H groups in total. The lowest BCUT2D eigenvalue weighted by Gasteiger charge is -2.15. The molecule has 1 aromatic carbocycles. The Kier molecular flexibility index (Phi) is 4.74. The van der Waals surface area contributed by atoms with Gasteiger partial charge in [0.15, 0.2) is 6.61 Å². The molecule has 0 fully saturated rings. The Labute approximate surface area is 113 Å². The van der Waals surface area contributed by atoms with Crippen LogP contribution in [0.5, 0.6) is 0 Å². The Morgan fingerprint density at radius 2 is 1.80 bits per heavy atom. The number of benzene rings is 1. The number of hydrogen-bond donors (Lipinski definition) is 1. The predicted octanol–water partition coefficient (Wildman–Crippen LogP) is 4.47. The fraction of sp³-hybridized carbons (Fsp3) is 0.300. The van der Waals surface area contributed by atoms with Crippen LogP contribution in [-0.2, 0) is 10.9 Å². The van der Waals surface area contributed by atoms with Crippen molar-refractivity contribution in [2.24, 2.45) is 0 Å². The van der Waals surface area contributed by atoms with Gasteiger partial charge in [-0.3, -0.25) is 5.32 Å². The van der Waals surface area contributed by atoms with Crippen LogP contribution in [0.1, 0.15) is 5.56 Å². The molecule has 1 aromatic rings. The number of amides is 1. The van der Waals surface area contributed by atoms with Crippen LogP contribution in [0.2, 0.25) is 5.02 Å². The van der Waals surface area contributed by atoms with E-state index in [1.165, 1.54) is 0 Å². The van der Waals surface area contributed by atoms with Gasteiger partial charge in [-0.25, -0.2) is 4.79 Å². The molecule has 0 saturated heterocycles. The summed E-state index contributed by atoms with van der Waals surface area (Å²) in [6, 6.07) is 2.64. The highest BCUT2D eigenvalue weighted by molar-refractivity contribution is 6.33. The van der Waals surface area contributed by atoms with E-state index in [1.54, 1.807) is 5.32 Å². The maximum atomic E-state index is 12.6. The van der Waals surface area contributed by atoms with Gasteiger partial charge in [0.2, 0.25) is 0 Å². The highest BCUT2D eigenvalue weighted by Crippen LogP contribution is 2.38. The summed E-state index contributed by atoms with van der Waals surface area (Å²) < 4.78 is 77.0. The number of carbonyl (C=O) groups excluding carboxylic acids is 1. The molecule has 0 bridgehead atoms. The van der Waals surface area contributed by atoms with E-state index in [0.29, 0.717) is 6.07 Å². The lowest BCUT2D eigenvalue weighted by atomic mass is 10.1. The Balaban J connectivity index is 2.90. The molecule has 0 atom stereocenters. The van der Waals surface area contributed by atoms with Gasteiger partial charge in [0, 0.05) is 0 Å². The van der Waals surface area contributed by atoms with E-state index in [1.807, 2.05) is 0 Å². The third-order valence-electron chi connectivity index (χ3n) is 1.91. The highest BCUT2D eigenvalue weighted by atomic mass is 35.5. The predicted molar refractivity (Wildman–Crippen MR) is 57.5 cm³/mol. The van der Waals surface area contributed by atoms with E-state index >= 15 is 0 Å². The summed E-state index contributed by atoms with van der Waals surface area (Å²) in [6.07, 6.45) is -11.3. The number of hydrogen-bond acceptors (Lipinski definition) is 2. The molecule has 0 aliphatic carbocycles. The van der Waals surface area contributed by atoms with Gasteiger partial charge in [-0.05, 0) is 12.1 Å². The van der Waals surface area contributed by atoms with E-state index < -0.39 is 41.3 Å². The van der Waals surface area contributed by atoms with Gasteiger partial charge < -0.3 is 4.74 Å². The van der Waals surface area contributed by atoms with Crippen LogP contribution in [0.15, 0.2) is 18.2 Å². The first-order valence-electron chi connectivity index (χ1n) is 4.87. The number of carbonyl (C=O) groups is 1. The topological polar surface area (TPSA) is 38.3 Å². The molecule has 0 spiro atoms. The lowest BCUT2D eigenvalue weighted by molar-refractivity contribution is -0.159. The van der Waals surface area contributed by atoms with Crippen molar-refractivity contribution in [2.75, 3.05) is 11.9 Å². The maximum absolute atomic E-state index is 12.6. The first-order chi connectivity index (χ1) is 9.00. The van der Waals surface area contributed by atoms with Crippen molar-refractivity contribution in [3.8, 4) is 0 Å². The van der Waals surface area contributed by atoms with Crippen molar-refractivity contribution in [1.82, 2.24) is 0 Å².